The zero-order valence-electron chi connectivity index (χ0n) is 18.0. The van der Waals surface area contributed by atoms with Gasteiger partial charge < -0.3 is 15.2 Å². The molecule has 0 saturated heterocycles. The number of anilines is 2. The van der Waals surface area contributed by atoms with E-state index in [-0.39, 0.29) is 24.0 Å². The molecule has 0 unspecified atom stereocenters. The molecule has 10 heteroatoms. The van der Waals surface area contributed by atoms with Crippen LogP contribution in [0.15, 0.2) is 60.3 Å². The fourth-order valence-electron chi connectivity index (χ4n) is 3.07. The smallest absolute Gasteiger partial charge is 0.234 e. The number of hydrogen-bond donors (Lipinski definition) is 2. The van der Waals surface area contributed by atoms with Crippen molar-refractivity contribution in [1.82, 2.24) is 14.8 Å². The first-order chi connectivity index (χ1) is 15.9. The average Bonchev–Trinajstić information content (AvgIpc) is 3.16. The lowest BCUT2D eigenvalue weighted by atomic mass is 10.1. The molecule has 1 aromatic heterocycles. The SMILES string of the molecule is C=CCn1c(CC(=O)Nc2ccccc2CC)nnc1SCC(=O)Nc1cc(Cl)ccc1Cl. The summed E-state index contributed by atoms with van der Waals surface area (Å²) in [5.41, 5.74) is 2.28. The minimum Gasteiger partial charge on any atom is -0.325 e. The van der Waals surface area contributed by atoms with E-state index < -0.39 is 0 Å². The number of para-hydroxylation sites is 1. The summed E-state index contributed by atoms with van der Waals surface area (Å²) in [7, 11) is 0. The van der Waals surface area contributed by atoms with Gasteiger partial charge in [0.25, 0.3) is 0 Å². The predicted octanol–water partition coefficient (Wildman–Crippen LogP) is 5.25. The van der Waals surface area contributed by atoms with Gasteiger partial charge in [0.1, 0.15) is 5.82 Å². The van der Waals surface area contributed by atoms with Crippen LogP contribution in [-0.4, -0.2) is 32.3 Å². The number of carbonyl (C=O) groups excluding carboxylic acids is 2. The molecule has 0 atom stereocenters. The molecule has 0 aliphatic carbocycles. The van der Waals surface area contributed by atoms with Crippen LogP contribution in [0, 0.1) is 0 Å². The van der Waals surface area contributed by atoms with Crippen molar-refractivity contribution in [3.8, 4) is 0 Å². The number of amides is 2. The minimum absolute atomic E-state index is 0.0454. The Morgan fingerprint density at radius 2 is 1.85 bits per heavy atom. The monoisotopic (exact) mass is 503 g/mol. The highest BCUT2D eigenvalue weighted by Crippen LogP contribution is 2.26. The van der Waals surface area contributed by atoms with Crippen LogP contribution in [0.2, 0.25) is 10.0 Å². The summed E-state index contributed by atoms with van der Waals surface area (Å²) < 4.78 is 1.77. The Morgan fingerprint density at radius 3 is 2.61 bits per heavy atom. The molecule has 7 nitrogen and oxygen atoms in total. The molecule has 172 valence electrons. The highest BCUT2D eigenvalue weighted by atomic mass is 35.5. The van der Waals surface area contributed by atoms with Crippen molar-refractivity contribution in [1.29, 1.82) is 0 Å². The summed E-state index contributed by atoms with van der Waals surface area (Å²) in [5.74, 6) is 0.0993. The number of nitrogens with zero attached hydrogens (tertiary/aromatic N) is 3. The van der Waals surface area contributed by atoms with Crippen LogP contribution in [0.1, 0.15) is 18.3 Å². The number of carbonyl (C=O) groups is 2. The third-order valence-corrected chi connectivity index (χ3v) is 6.16. The van der Waals surface area contributed by atoms with Crippen molar-refractivity contribution in [2.75, 3.05) is 16.4 Å². The van der Waals surface area contributed by atoms with Gasteiger partial charge in [-0.25, -0.2) is 0 Å². The van der Waals surface area contributed by atoms with Gasteiger partial charge in [-0.3, -0.25) is 9.59 Å². The second-order valence-electron chi connectivity index (χ2n) is 6.99. The molecular formula is C23H23Cl2N5O2S. The summed E-state index contributed by atoms with van der Waals surface area (Å²) in [5, 5.41) is 15.4. The summed E-state index contributed by atoms with van der Waals surface area (Å²) >= 11 is 13.3. The first-order valence-electron chi connectivity index (χ1n) is 10.2. The van der Waals surface area contributed by atoms with E-state index in [9.17, 15) is 9.59 Å². The molecule has 3 aromatic rings. The molecule has 3 rings (SSSR count). The van der Waals surface area contributed by atoms with Crippen molar-refractivity contribution in [3.05, 3.63) is 76.6 Å². The van der Waals surface area contributed by atoms with Gasteiger partial charge in [0.05, 0.1) is 22.9 Å². The Hall–Kier alpha value is -2.81. The van der Waals surface area contributed by atoms with Gasteiger partial charge in [-0.15, -0.1) is 16.8 Å². The molecule has 2 amide bonds. The molecule has 2 aromatic carbocycles. The molecule has 0 radical (unpaired) electrons. The van der Waals surface area contributed by atoms with Crippen LogP contribution in [0.4, 0.5) is 11.4 Å². The zero-order valence-corrected chi connectivity index (χ0v) is 20.3. The first-order valence-corrected chi connectivity index (χ1v) is 11.9. The highest BCUT2D eigenvalue weighted by molar-refractivity contribution is 7.99. The Bertz CT molecular complexity index is 1170. The van der Waals surface area contributed by atoms with Crippen LogP contribution in [0.5, 0.6) is 0 Å². The summed E-state index contributed by atoms with van der Waals surface area (Å²) in [6.07, 6.45) is 2.54. The van der Waals surface area contributed by atoms with Crippen molar-refractivity contribution < 1.29 is 9.59 Å². The maximum absolute atomic E-state index is 12.6. The van der Waals surface area contributed by atoms with Gasteiger partial charge in [0, 0.05) is 17.3 Å². The molecule has 2 N–H and O–H groups in total. The van der Waals surface area contributed by atoms with E-state index in [2.05, 4.69) is 27.4 Å². The molecule has 0 fully saturated rings. The Morgan fingerprint density at radius 1 is 1.09 bits per heavy atom. The van der Waals surface area contributed by atoms with Crippen molar-refractivity contribution in [2.24, 2.45) is 0 Å². The van der Waals surface area contributed by atoms with E-state index in [1.165, 1.54) is 11.8 Å². The van der Waals surface area contributed by atoms with E-state index in [1.54, 1.807) is 28.8 Å². The van der Waals surface area contributed by atoms with E-state index in [1.807, 2.05) is 31.2 Å². The number of nitrogens with one attached hydrogen (secondary N) is 2. The quantitative estimate of drug-likeness (QED) is 0.291. The molecule has 33 heavy (non-hydrogen) atoms. The van der Waals surface area contributed by atoms with Crippen molar-refractivity contribution in [2.45, 2.75) is 31.5 Å². The lowest BCUT2D eigenvalue weighted by molar-refractivity contribution is -0.116. The summed E-state index contributed by atoms with van der Waals surface area (Å²) in [6, 6.07) is 12.5. The lowest BCUT2D eigenvalue weighted by Crippen LogP contribution is -2.19. The van der Waals surface area contributed by atoms with Gasteiger partial charge in [0.15, 0.2) is 5.16 Å². The highest BCUT2D eigenvalue weighted by Gasteiger charge is 2.17. The molecule has 0 saturated carbocycles. The molecule has 0 spiro atoms. The first kappa shape index (κ1) is 24.8. The van der Waals surface area contributed by atoms with E-state index in [0.717, 1.165) is 17.7 Å². The molecule has 0 aliphatic rings. The minimum atomic E-state index is -0.271. The largest absolute Gasteiger partial charge is 0.325 e. The maximum Gasteiger partial charge on any atom is 0.234 e. The lowest BCUT2D eigenvalue weighted by Gasteiger charge is -2.11. The number of hydrogen-bond acceptors (Lipinski definition) is 5. The van der Waals surface area contributed by atoms with Crippen LogP contribution >= 0.6 is 35.0 Å². The van der Waals surface area contributed by atoms with Crippen molar-refractivity contribution in [3.63, 3.8) is 0 Å². The number of allylic oxidation sites excluding steroid dienone is 1. The van der Waals surface area contributed by atoms with Gasteiger partial charge in [-0.2, -0.15) is 0 Å². The van der Waals surface area contributed by atoms with E-state index in [0.29, 0.717) is 33.3 Å². The number of aryl methyl sites for hydroxylation is 1. The van der Waals surface area contributed by atoms with E-state index >= 15 is 0 Å². The maximum atomic E-state index is 12.6. The number of thioether (sulfide) groups is 1. The van der Waals surface area contributed by atoms with Gasteiger partial charge in [0.2, 0.25) is 11.8 Å². The fraction of sp³-hybridized carbons (Fsp3) is 0.217. The summed E-state index contributed by atoms with van der Waals surface area (Å²) in [4.78, 5) is 25.0. The number of benzene rings is 2. The van der Waals surface area contributed by atoms with Gasteiger partial charge >= 0.3 is 0 Å². The Labute approximate surface area is 206 Å². The van der Waals surface area contributed by atoms with E-state index in [4.69, 9.17) is 23.2 Å². The molecule has 0 bridgehead atoms. The third-order valence-electron chi connectivity index (χ3n) is 4.63. The number of aromatic nitrogens is 3. The summed E-state index contributed by atoms with van der Waals surface area (Å²) in [6.45, 7) is 6.21. The van der Waals surface area contributed by atoms with Crippen LogP contribution in [0.25, 0.3) is 0 Å². The molecule has 1 heterocycles. The normalized spacial score (nSPS) is 10.6. The van der Waals surface area contributed by atoms with Gasteiger partial charge in [-0.05, 0) is 36.2 Å². The zero-order chi connectivity index (χ0) is 23.8. The predicted molar refractivity (Wildman–Crippen MR) is 134 cm³/mol. The standard InChI is InChI=1S/C23H23Cl2N5O2S/c1-3-11-30-20(13-21(31)26-18-8-6-5-7-15(18)4-2)28-29-23(30)33-14-22(32)27-19-12-16(24)9-10-17(19)25/h3,5-10,12H,1,4,11,13-14H2,2H3,(H,26,31)(H,27,32). The Kier molecular flexibility index (Phi) is 8.94. The molecular weight excluding hydrogens is 481 g/mol. The second-order valence-corrected chi connectivity index (χ2v) is 8.78. The molecule has 0 aliphatic heterocycles. The van der Waals surface area contributed by atoms with Crippen LogP contribution < -0.4 is 10.6 Å². The van der Waals surface area contributed by atoms with Crippen molar-refractivity contribution >= 4 is 58.2 Å². The average molecular weight is 504 g/mol. The topological polar surface area (TPSA) is 88.9 Å². The van der Waals surface area contributed by atoms with Crippen LogP contribution in [0.3, 0.4) is 0 Å². The Balaban J connectivity index is 1.65. The number of halogens is 2. The second kappa shape index (κ2) is 11.9. The van der Waals surface area contributed by atoms with Crippen LogP contribution in [-0.2, 0) is 29.0 Å². The number of rotatable bonds is 10. The fourth-order valence-corrected chi connectivity index (χ4v) is 4.17. The van der Waals surface area contributed by atoms with Gasteiger partial charge in [-0.1, -0.05) is 66.2 Å². The third kappa shape index (κ3) is 6.83.